The van der Waals surface area contributed by atoms with E-state index in [0.717, 1.165) is 25.0 Å². The molecule has 0 radical (unpaired) electrons. The zero-order valence-electron chi connectivity index (χ0n) is 18.7. The number of aryl methyl sites for hydroxylation is 1. The van der Waals surface area contributed by atoms with Crippen LogP contribution in [-0.2, 0) is 12.7 Å². The van der Waals surface area contributed by atoms with Crippen molar-refractivity contribution in [2.75, 3.05) is 0 Å². The van der Waals surface area contributed by atoms with Gasteiger partial charge < -0.3 is 17.0 Å². The number of hydrogen-bond acceptors (Lipinski definition) is 1. The molecule has 0 amide bonds. The molecule has 0 atom stereocenters. The molecule has 2 heterocycles. The van der Waals surface area contributed by atoms with Gasteiger partial charge in [0.25, 0.3) is 0 Å². The van der Waals surface area contributed by atoms with Gasteiger partial charge in [0.1, 0.15) is 0 Å². The number of alkyl halides is 3. The Labute approximate surface area is 193 Å². The first-order valence-corrected chi connectivity index (χ1v) is 10.5. The molecule has 0 saturated heterocycles. The maximum Gasteiger partial charge on any atom is 0.416 e. The molecule has 0 aliphatic rings. The number of aromatic nitrogens is 2. The van der Waals surface area contributed by atoms with Crippen LogP contribution in [0.15, 0.2) is 54.9 Å². The van der Waals surface area contributed by atoms with E-state index in [1.807, 2.05) is 17.0 Å². The van der Waals surface area contributed by atoms with Crippen molar-refractivity contribution in [1.82, 2.24) is 4.57 Å². The zero-order chi connectivity index (χ0) is 22.8. The summed E-state index contributed by atoms with van der Waals surface area (Å²) >= 11 is 0. The molecular weight excluding hydrogens is 437 g/mol. The minimum atomic E-state index is -4.42. The van der Waals surface area contributed by atoms with Gasteiger partial charge in [0, 0.05) is 34.8 Å². The fraction of sp³-hybridized carbons (Fsp3) is 0.360. The summed E-state index contributed by atoms with van der Waals surface area (Å²) in [7, 11) is 0. The molecule has 1 aromatic carbocycles. The van der Waals surface area contributed by atoms with Gasteiger partial charge in [0.05, 0.1) is 5.56 Å². The molecule has 3 aromatic rings. The minimum absolute atomic E-state index is 0. The highest BCUT2D eigenvalue weighted by Gasteiger charge is 2.31. The predicted octanol–water partition coefficient (Wildman–Crippen LogP) is 3.19. The summed E-state index contributed by atoms with van der Waals surface area (Å²) in [5, 5.41) is 0. The highest BCUT2D eigenvalue weighted by molar-refractivity contribution is 5.96. The van der Waals surface area contributed by atoms with Crippen LogP contribution < -0.4 is 17.0 Å². The average molecular weight is 465 g/mol. The Morgan fingerprint density at radius 3 is 2.22 bits per heavy atom. The van der Waals surface area contributed by atoms with Gasteiger partial charge in [-0.15, -0.1) is 0 Å². The van der Waals surface area contributed by atoms with E-state index in [9.17, 15) is 18.0 Å². The molecule has 2 aromatic heterocycles. The third-order valence-electron chi connectivity index (χ3n) is 5.86. The minimum Gasteiger partial charge on any atom is -1.00 e. The van der Waals surface area contributed by atoms with Crippen LogP contribution in [0.2, 0.25) is 0 Å². The second-order valence-electron chi connectivity index (χ2n) is 7.91. The van der Waals surface area contributed by atoms with E-state index in [2.05, 4.69) is 26.0 Å². The molecule has 0 bridgehead atoms. The van der Waals surface area contributed by atoms with Crippen molar-refractivity contribution in [3.05, 3.63) is 82.9 Å². The summed E-state index contributed by atoms with van der Waals surface area (Å²) in [5.41, 5.74) is 2.82. The van der Waals surface area contributed by atoms with E-state index < -0.39 is 11.7 Å². The Hall–Kier alpha value is -2.60. The SMILES string of the molecule is CCC(CC)c1cc[n+](CC(=O)c2cc(C)n(-c3cccc(C(F)(F)F)c3)c2C)cc1.[Cl-]. The van der Waals surface area contributed by atoms with Gasteiger partial charge in [-0.05, 0) is 62.4 Å². The van der Waals surface area contributed by atoms with E-state index in [-0.39, 0.29) is 24.7 Å². The van der Waals surface area contributed by atoms with E-state index >= 15 is 0 Å². The Bertz CT molecular complexity index is 1070. The highest BCUT2D eigenvalue weighted by atomic mass is 35.5. The van der Waals surface area contributed by atoms with Crippen LogP contribution >= 0.6 is 0 Å². The summed E-state index contributed by atoms with van der Waals surface area (Å²) in [6, 6.07) is 11.0. The molecule has 172 valence electrons. The largest absolute Gasteiger partial charge is 1.00 e. The van der Waals surface area contributed by atoms with Gasteiger partial charge in [-0.2, -0.15) is 17.7 Å². The van der Waals surface area contributed by atoms with Crippen molar-refractivity contribution in [1.29, 1.82) is 0 Å². The van der Waals surface area contributed by atoms with Crippen LogP contribution in [0.5, 0.6) is 0 Å². The number of carbonyl (C=O) groups is 1. The second kappa shape index (κ2) is 10.3. The third kappa shape index (κ3) is 5.41. The quantitative estimate of drug-likeness (QED) is 0.389. The molecule has 0 spiro atoms. The molecule has 7 heteroatoms. The first kappa shape index (κ1) is 25.7. The van der Waals surface area contributed by atoms with Crippen LogP contribution in [0.25, 0.3) is 5.69 Å². The summed E-state index contributed by atoms with van der Waals surface area (Å²) in [6.07, 6.45) is 1.55. The molecule has 0 N–H and O–H groups in total. The summed E-state index contributed by atoms with van der Waals surface area (Å²) in [4.78, 5) is 13.0. The Morgan fingerprint density at radius 1 is 1.03 bits per heavy atom. The second-order valence-corrected chi connectivity index (χ2v) is 7.91. The lowest BCUT2D eigenvalue weighted by Gasteiger charge is -2.13. The number of rotatable bonds is 7. The van der Waals surface area contributed by atoms with Crippen LogP contribution in [0.4, 0.5) is 13.2 Å². The van der Waals surface area contributed by atoms with E-state index in [4.69, 9.17) is 0 Å². The molecule has 0 unspecified atom stereocenters. The number of hydrogen-bond donors (Lipinski definition) is 0. The standard InChI is InChI=1S/C25H28F3N2O.ClH/c1-5-19(6-2)20-10-12-29(13-11-20)16-24(31)23-14-17(3)30(18(23)4)22-9-7-8-21(15-22)25(26,27)28;/h7-15,19H,5-6,16H2,1-4H3;1H/q+1;/p-1. The van der Waals surface area contributed by atoms with Gasteiger partial charge in [0.15, 0.2) is 12.4 Å². The van der Waals surface area contributed by atoms with E-state index in [1.54, 1.807) is 30.5 Å². The number of nitrogens with zero attached hydrogens (tertiary/aromatic N) is 2. The van der Waals surface area contributed by atoms with Gasteiger partial charge in [-0.25, -0.2) is 0 Å². The van der Waals surface area contributed by atoms with Gasteiger partial charge in [0.2, 0.25) is 12.3 Å². The van der Waals surface area contributed by atoms with Crippen molar-refractivity contribution in [2.24, 2.45) is 0 Å². The van der Waals surface area contributed by atoms with Crippen LogP contribution in [-0.4, -0.2) is 10.4 Å². The smallest absolute Gasteiger partial charge is 0.416 e. The summed E-state index contributed by atoms with van der Waals surface area (Å²) in [6.45, 7) is 8.07. The van der Waals surface area contributed by atoms with Crippen molar-refractivity contribution in [3.8, 4) is 5.69 Å². The zero-order valence-corrected chi connectivity index (χ0v) is 19.5. The number of benzene rings is 1. The fourth-order valence-electron chi connectivity index (χ4n) is 4.12. The molecule has 3 nitrogen and oxygen atoms in total. The summed E-state index contributed by atoms with van der Waals surface area (Å²) in [5.74, 6) is 0.434. The van der Waals surface area contributed by atoms with E-state index in [1.165, 1.54) is 11.6 Å². The number of carbonyl (C=O) groups excluding carboxylic acids is 1. The lowest BCUT2D eigenvalue weighted by atomic mass is 9.95. The number of halogens is 4. The van der Waals surface area contributed by atoms with E-state index in [0.29, 0.717) is 28.6 Å². The Morgan fingerprint density at radius 2 is 1.66 bits per heavy atom. The van der Waals surface area contributed by atoms with Gasteiger partial charge in [-0.1, -0.05) is 19.9 Å². The van der Waals surface area contributed by atoms with Crippen molar-refractivity contribution >= 4 is 5.78 Å². The normalized spacial score (nSPS) is 11.5. The van der Waals surface area contributed by atoms with Gasteiger partial charge in [-0.3, -0.25) is 4.79 Å². The molecule has 0 aliphatic heterocycles. The van der Waals surface area contributed by atoms with Crippen molar-refractivity contribution in [2.45, 2.75) is 59.2 Å². The lowest BCUT2D eigenvalue weighted by Crippen LogP contribution is -3.00. The number of Topliss-reactive ketones (excluding diaryl/α,β-unsaturated/α-hetero) is 1. The van der Waals surface area contributed by atoms with Crippen LogP contribution in [0, 0.1) is 13.8 Å². The first-order chi connectivity index (χ1) is 14.7. The van der Waals surface area contributed by atoms with Crippen LogP contribution in [0.1, 0.15) is 65.5 Å². The number of pyridine rings is 1. The molecule has 3 rings (SSSR count). The molecular formula is C25H28ClF3N2O. The first-order valence-electron chi connectivity index (χ1n) is 10.5. The van der Waals surface area contributed by atoms with Crippen molar-refractivity contribution < 1.29 is 34.9 Å². The van der Waals surface area contributed by atoms with Crippen molar-refractivity contribution in [3.63, 3.8) is 0 Å². The fourth-order valence-corrected chi connectivity index (χ4v) is 4.12. The monoisotopic (exact) mass is 464 g/mol. The predicted molar refractivity (Wildman–Crippen MR) is 115 cm³/mol. The molecule has 0 saturated carbocycles. The number of ketones is 1. The van der Waals surface area contributed by atoms with Gasteiger partial charge >= 0.3 is 6.18 Å². The molecule has 0 fully saturated rings. The Kier molecular flexibility index (Phi) is 8.29. The third-order valence-corrected chi connectivity index (χ3v) is 5.86. The van der Waals surface area contributed by atoms with Crippen LogP contribution in [0.3, 0.4) is 0 Å². The molecule has 0 aliphatic carbocycles. The topological polar surface area (TPSA) is 25.9 Å². The highest BCUT2D eigenvalue weighted by Crippen LogP contribution is 2.31. The maximum atomic E-state index is 13.1. The maximum absolute atomic E-state index is 13.1. The Balaban J connectivity index is 0.00000363. The molecule has 32 heavy (non-hydrogen) atoms. The lowest BCUT2D eigenvalue weighted by molar-refractivity contribution is -0.683. The average Bonchev–Trinajstić information content (AvgIpc) is 3.03. The summed E-state index contributed by atoms with van der Waals surface area (Å²) < 4.78 is 42.9.